The standard InChI is InChI=1S/C11H15BrN2O2/c12-9-5-8(6-13)11(14-7-9)16-10-1-3-15-4-2-10/h5,7,10H,1-4,6,13H2. The van der Waals surface area contributed by atoms with E-state index in [0.29, 0.717) is 12.4 Å². The summed E-state index contributed by atoms with van der Waals surface area (Å²) in [4.78, 5) is 4.25. The molecule has 0 aliphatic carbocycles. The smallest absolute Gasteiger partial charge is 0.218 e. The summed E-state index contributed by atoms with van der Waals surface area (Å²) in [5.41, 5.74) is 6.59. The monoisotopic (exact) mass is 286 g/mol. The van der Waals surface area contributed by atoms with Gasteiger partial charge in [0.25, 0.3) is 0 Å². The van der Waals surface area contributed by atoms with Gasteiger partial charge in [-0.05, 0) is 22.0 Å². The highest BCUT2D eigenvalue weighted by atomic mass is 79.9. The Hall–Kier alpha value is -0.650. The number of nitrogens with zero attached hydrogens (tertiary/aromatic N) is 1. The molecule has 4 nitrogen and oxygen atoms in total. The van der Waals surface area contributed by atoms with Crippen molar-refractivity contribution in [2.75, 3.05) is 13.2 Å². The molecule has 1 aromatic rings. The Morgan fingerprint density at radius 1 is 1.50 bits per heavy atom. The summed E-state index contributed by atoms with van der Waals surface area (Å²) in [6.07, 6.45) is 3.77. The lowest BCUT2D eigenvalue weighted by Crippen LogP contribution is -2.26. The minimum Gasteiger partial charge on any atom is -0.474 e. The van der Waals surface area contributed by atoms with Gasteiger partial charge in [0.15, 0.2) is 0 Å². The van der Waals surface area contributed by atoms with Gasteiger partial charge in [0.05, 0.1) is 13.2 Å². The maximum atomic E-state index is 5.84. The maximum absolute atomic E-state index is 5.84. The van der Waals surface area contributed by atoms with Gasteiger partial charge < -0.3 is 15.2 Å². The van der Waals surface area contributed by atoms with Gasteiger partial charge in [-0.25, -0.2) is 4.98 Å². The molecule has 88 valence electrons. The average Bonchev–Trinajstić information content (AvgIpc) is 2.33. The Bertz CT molecular complexity index is 354. The van der Waals surface area contributed by atoms with Crippen LogP contribution in [0.2, 0.25) is 0 Å². The first-order chi connectivity index (χ1) is 7.79. The minimum absolute atomic E-state index is 0.202. The third-order valence-corrected chi connectivity index (χ3v) is 2.99. The first-order valence-corrected chi connectivity index (χ1v) is 6.18. The van der Waals surface area contributed by atoms with E-state index in [2.05, 4.69) is 20.9 Å². The second-order valence-electron chi connectivity index (χ2n) is 3.75. The highest BCUT2D eigenvalue weighted by Gasteiger charge is 2.17. The normalized spacial score (nSPS) is 17.4. The molecule has 1 aliphatic heterocycles. The van der Waals surface area contributed by atoms with Crippen molar-refractivity contribution in [1.29, 1.82) is 0 Å². The lowest BCUT2D eigenvalue weighted by atomic mass is 10.1. The molecule has 0 spiro atoms. The van der Waals surface area contributed by atoms with Gasteiger partial charge in [0, 0.05) is 35.6 Å². The Labute approximate surface area is 103 Å². The summed E-state index contributed by atoms with van der Waals surface area (Å²) in [5, 5.41) is 0. The van der Waals surface area contributed by atoms with E-state index >= 15 is 0 Å². The van der Waals surface area contributed by atoms with Crippen LogP contribution in [0.4, 0.5) is 0 Å². The van der Waals surface area contributed by atoms with Crippen molar-refractivity contribution in [3.05, 3.63) is 22.3 Å². The van der Waals surface area contributed by atoms with Gasteiger partial charge in [-0.1, -0.05) is 0 Å². The van der Waals surface area contributed by atoms with Crippen LogP contribution in [0.25, 0.3) is 0 Å². The largest absolute Gasteiger partial charge is 0.474 e. The van der Waals surface area contributed by atoms with Crippen molar-refractivity contribution in [2.45, 2.75) is 25.5 Å². The third kappa shape index (κ3) is 2.93. The zero-order valence-corrected chi connectivity index (χ0v) is 10.6. The van der Waals surface area contributed by atoms with Crippen molar-refractivity contribution in [2.24, 2.45) is 5.73 Å². The van der Waals surface area contributed by atoms with Crippen molar-refractivity contribution >= 4 is 15.9 Å². The van der Waals surface area contributed by atoms with Crippen LogP contribution in [0.3, 0.4) is 0 Å². The Kier molecular flexibility index (Phi) is 4.15. The molecule has 0 radical (unpaired) electrons. The van der Waals surface area contributed by atoms with Gasteiger partial charge >= 0.3 is 0 Å². The van der Waals surface area contributed by atoms with Crippen molar-refractivity contribution in [3.63, 3.8) is 0 Å². The Morgan fingerprint density at radius 3 is 2.94 bits per heavy atom. The first kappa shape index (κ1) is 11.8. The average molecular weight is 287 g/mol. The van der Waals surface area contributed by atoms with Crippen LogP contribution in [0.5, 0.6) is 5.88 Å². The zero-order chi connectivity index (χ0) is 11.4. The van der Waals surface area contributed by atoms with Gasteiger partial charge in [0.2, 0.25) is 5.88 Å². The first-order valence-electron chi connectivity index (χ1n) is 5.38. The van der Waals surface area contributed by atoms with Crippen LogP contribution in [0.1, 0.15) is 18.4 Å². The SMILES string of the molecule is NCc1cc(Br)cnc1OC1CCOCC1. The fraction of sp³-hybridized carbons (Fsp3) is 0.545. The van der Waals surface area contributed by atoms with Crippen molar-refractivity contribution in [1.82, 2.24) is 4.98 Å². The number of ether oxygens (including phenoxy) is 2. The van der Waals surface area contributed by atoms with E-state index in [1.165, 1.54) is 0 Å². The molecule has 1 aliphatic rings. The Balaban J connectivity index is 2.07. The number of hydrogen-bond donors (Lipinski definition) is 1. The molecule has 0 amide bonds. The van der Waals surface area contributed by atoms with Gasteiger partial charge in [0.1, 0.15) is 6.10 Å². The number of pyridine rings is 1. The second kappa shape index (κ2) is 5.61. The van der Waals surface area contributed by atoms with E-state index in [-0.39, 0.29) is 6.10 Å². The molecule has 2 N–H and O–H groups in total. The topological polar surface area (TPSA) is 57.4 Å². The number of aromatic nitrogens is 1. The highest BCUT2D eigenvalue weighted by molar-refractivity contribution is 9.10. The highest BCUT2D eigenvalue weighted by Crippen LogP contribution is 2.22. The number of hydrogen-bond acceptors (Lipinski definition) is 4. The molecule has 2 rings (SSSR count). The lowest BCUT2D eigenvalue weighted by molar-refractivity contribution is 0.0233. The molecule has 5 heteroatoms. The third-order valence-electron chi connectivity index (χ3n) is 2.56. The molecular formula is C11H15BrN2O2. The van der Waals surface area contributed by atoms with E-state index in [4.69, 9.17) is 15.2 Å². The summed E-state index contributed by atoms with van der Waals surface area (Å²) < 4.78 is 12.0. The summed E-state index contributed by atoms with van der Waals surface area (Å²) in [7, 11) is 0. The van der Waals surface area contributed by atoms with Crippen LogP contribution in [-0.2, 0) is 11.3 Å². The molecule has 0 saturated carbocycles. The number of halogens is 1. The van der Waals surface area contributed by atoms with Crippen LogP contribution in [-0.4, -0.2) is 24.3 Å². The minimum atomic E-state index is 0.202. The van der Waals surface area contributed by atoms with Crippen LogP contribution >= 0.6 is 15.9 Å². The van der Waals surface area contributed by atoms with Crippen LogP contribution in [0.15, 0.2) is 16.7 Å². The van der Waals surface area contributed by atoms with E-state index in [1.807, 2.05) is 6.07 Å². The summed E-state index contributed by atoms with van der Waals surface area (Å²) in [6.45, 7) is 1.96. The lowest BCUT2D eigenvalue weighted by Gasteiger charge is -2.23. The molecule has 0 atom stereocenters. The van der Waals surface area contributed by atoms with E-state index in [9.17, 15) is 0 Å². The maximum Gasteiger partial charge on any atom is 0.218 e. The molecule has 16 heavy (non-hydrogen) atoms. The molecule has 0 bridgehead atoms. The van der Waals surface area contributed by atoms with Crippen LogP contribution in [0, 0.1) is 0 Å². The fourth-order valence-corrected chi connectivity index (χ4v) is 2.05. The zero-order valence-electron chi connectivity index (χ0n) is 8.99. The molecule has 0 unspecified atom stereocenters. The molecular weight excluding hydrogens is 272 g/mol. The number of rotatable bonds is 3. The molecule has 2 heterocycles. The van der Waals surface area contributed by atoms with E-state index in [0.717, 1.165) is 36.1 Å². The van der Waals surface area contributed by atoms with E-state index in [1.54, 1.807) is 6.20 Å². The molecule has 1 fully saturated rings. The predicted octanol–water partition coefficient (Wildman–Crippen LogP) is 1.86. The second-order valence-corrected chi connectivity index (χ2v) is 4.67. The van der Waals surface area contributed by atoms with Gasteiger partial charge in [-0.3, -0.25) is 0 Å². The molecule has 1 aromatic heterocycles. The molecule has 1 saturated heterocycles. The van der Waals surface area contributed by atoms with Crippen molar-refractivity contribution < 1.29 is 9.47 Å². The quantitative estimate of drug-likeness (QED) is 0.922. The predicted molar refractivity (Wildman–Crippen MR) is 64.3 cm³/mol. The van der Waals surface area contributed by atoms with Gasteiger partial charge in [-0.15, -0.1) is 0 Å². The number of nitrogens with two attached hydrogens (primary N) is 1. The summed E-state index contributed by atoms with van der Waals surface area (Å²) in [6, 6.07) is 1.95. The molecule has 0 aromatic carbocycles. The van der Waals surface area contributed by atoms with Crippen LogP contribution < -0.4 is 10.5 Å². The summed E-state index contributed by atoms with van der Waals surface area (Å²) >= 11 is 3.37. The Morgan fingerprint density at radius 2 is 2.25 bits per heavy atom. The van der Waals surface area contributed by atoms with Gasteiger partial charge in [-0.2, -0.15) is 0 Å². The van der Waals surface area contributed by atoms with E-state index < -0.39 is 0 Å². The fourth-order valence-electron chi connectivity index (χ4n) is 1.67. The van der Waals surface area contributed by atoms with Crippen molar-refractivity contribution in [3.8, 4) is 5.88 Å². The summed E-state index contributed by atoms with van der Waals surface area (Å²) in [5.74, 6) is 0.651.